The molecule has 122 valence electrons. The van der Waals surface area contributed by atoms with Gasteiger partial charge in [0.05, 0.1) is 6.42 Å². The smallest absolute Gasteiger partial charge is 0.318 e. The summed E-state index contributed by atoms with van der Waals surface area (Å²) in [5, 5.41) is 12.0. The summed E-state index contributed by atoms with van der Waals surface area (Å²) in [5.74, 6) is -0.872. The van der Waals surface area contributed by atoms with Crippen molar-refractivity contribution in [2.45, 2.75) is 83.7 Å². The molecule has 0 radical (unpaired) electrons. The van der Waals surface area contributed by atoms with Gasteiger partial charge in [-0.3, -0.25) is 4.79 Å². The first-order valence-corrected chi connectivity index (χ1v) is 8.10. The minimum absolute atomic E-state index is 0.0185. The number of aliphatic carboxylic acids is 1. The molecule has 1 fully saturated rings. The Bertz CT molecular complexity index is 342. The van der Waals surface area contributed by atoms with Crippen LogP contribution in [-0.4, -0.2) is 40.1 Å². The lowest BCUT2D eigenvalue weighted by Crippen LogP contribution is -2.53. The van der Waals surface area contributed by atoms with E-state index in [2.05, 4.69) is 5.32 Å². The highest BCUT2D eigenvalue weighted by molar-refractivity contribution is 5.76. The lowest BCUT2D eigenvalue weighted by Gasteiger charge is -2.36. The summed E-state index contributed by atoms with van der Waals surface area (Å²) < 4.78 is 0. The Morgan fingerprint density at radius 1 is 1.10 bits per heavy atom. The largest absolute Gasteiger partial charge is 0.481 e. The van der Waals surface area contributed by atoms with Gasteiger partial charge in [-0.15, -0.1) is 0 Å². The summed E-state index contributed by atoms with van der Waals surface area (Å²) >= 11 is 0. The number of nitrogens with one attached hydrogen (secondary N) is 1. The van der Waals surface area contributed by atoms with Crippen LogP contribution >= 0.6 is 0 Å². The predicted octanol–water partition coefficient (Wildman–Crippen LogP) is 3.38. The third-order valence-electron chi connectivity index (χ3n) is 4.04. The molecule has 0 saturated heterocycles. The van der Waals surface area contributed by atoms with Crippen LogP contribution in [0.25, 0.3) is 0 Å². The molecule has 1 rings (SSSR count). The van der Waals surface area contributed by atoms with Crippen molar-refractivity contribution in [2.75, 3.05) is 6.54 Å². The first kappa shape index (κ1) is 17.8. The third kappa shape index (κ3) is 6.82. The van der Waals surface area contributed by atoms with Crippen molar-refractivity contribution in [3.8, 4) is 0 Å². The molecule has 0 aliphatic heterocycles. The van der Waals surface area contributed by atoms with Gasteiger partial charge in [0.2, 0.25) is 0 Å². The Morgan fingerprint density at radius 3 is 2.10 bits per heavy atom. The molecule has 0 bridgehead atoms. The zero-order valence-electron chi connectivity index (χ0n) is 13.7. The zero-order valence-corrected chi connectivity index (χ0v) is 13.7. The van der Waals surface area contributed by atoms with E-state index in [0.29, 0.717) is 0 Å². The van der Waals surface area contributed by atoms with E-state index < -0.39 is 5.97 Å². The fourth-order valence-electron chi connectivity index (χ4n) is 2.80. The standard InChI is InChI=1S/C16H30N2O3/c1-16(2,3)18(12-11-14(19)20)15(21)17-13-9-7-5-4-6-8-10-13/h13H,4-12H2,1-3H3,(H,17,21)(H,19,20). The molecule has 1 aliphatic carbocycles. The minimum atomic E-state index is -0.872. The molecule has 5 nitrogen and oxygen atoms in total. The fraction of sp³-hybridized carbons (Fsp3) is 0.875. The van der Waals surface area contributed by atoms with Crippen LogP contribution in [0.3, 0.4) is 0 Å². The van der Waals surface area contributed by atoms with Crippen molar-refractivity contribution >= 4 is 12.0 Å². The van der Waals surface area contributed by atoms with Crippen LogP contribution in [0.15, 0.2) is 0 Å². The van der Waals surface area contributed by atoms with Crippen LogP contribution in [0, 0.1) is 0 Å². The van der Waals surface area contributed by atoms with Gasteiger partial charge in [-0.2, -0.15) is 0 Å². The van der Waals surface area contributed by atoms with E-state index >= 15 is 0 Å². The van der Waals surface area contributed by atoms with Crippen LogP contribution in [0.5, 0.6) is 0 Å². The molecule has 1 saturated carbocycles. The number of rotatable bonds is 4. The van der Waals surface area contributed by atoms with Crippen LogP contribution in [0.4, 0.5) is 4.79 Å². The van der Waals surface area contributed by atoms with Crippen molar-refractivity contribution in [2.24, 2.45) is 0 Å². The maximum Gasteiger partial charge on any atom is 0.318 e. The van der Waals surface area contributed by atoms with E-state index in [4.69, 9.17) is 5.11 Å². The topological polar surface area (TPSA) is 69.6 Å². The number of hydrogen-bond donors (Lipinski definition) is 2. The van der Waals surface area contributed by atoms with E-state index in [1.807, 2.05) is 20.8 Å². The summed E-state index contributed by atoms with van der Waals surface area (Å²) in [6.07, 6.45) is 8.15. The summed E-state index contributed by atoms with van der Waals surface area (Å²) in [5.41, 5.74) is -0.374. The Labute approximate surface area is 128 Å². The van der Waals surface area contributed by atoms with Crippen molar-refractivity contribution in [1.29, 1.82) is 0 Å². The second-order valence-corrected chi connectivity index (χ2v) is 6.96. The van der Waals surface area contributed by atoms with Gasteiger partial charge < -0.3 is 15.3 Å². The number of hydrogen-bond acceptors (Lipinski definition) is 2. The number of urea groups is 1. The van der Waals surface area contributed by atoms with Crippen molar-refractivity contribution in [3.05, 3.63) is 0 Å². The van der Waals surface area contributed by atoms with Gasteiger partial charge >= 0.3 is 12.0 Å². The van der Waals surface area contributed by atoms with E-state index in [9.17, 15) is 9.59 Å². The molecule has 0 spiro atoms. The average Bonchev–Trinajstić information content (AvgIpc) is 2.30. The molecular formula is C16H30N2O3. The first-order chi connectivity index (χ1) is 9.80. The number of carbonyl (C=O) groups is 2. The molecule has 0 unspecified atom stereocenters. The highest BCUT2D eigenvalue weighted by Gasteiger charge is 2.28. The maximum absolute atomic E-state index is 12.5. The highest BCUT2D eigenvalue weighted by Crippen LogP contribution is 2.19. The Balaban J connectivity index is 2.59. The molecule has 0 aromatic rings. The number of carboxylic acid groups (broad SMARTS) is 1. The van der Waals surface area contributed by atoms with Gasteiger partial charge in [-0.1, -0.05) is 32.1 Å². The predicted molar refractivity (Wildman–Crippen MR) is 83.4 cm³/mol. The van der Waals surface area contributed by atoms with Gasteiger partial charge in [0.15, 0.2) is 0 Å². The molecular weight excluding hydrogens is 268 g/mol. The number of amides is 2. The van der Waals surface area contributed by atoms with Gasteiger partial charge in [0.1, 0.15) is 0 Å². The Kier molecular flexibility index (Phi) is 6.99. The summed E-state index contributed by atoms with van der Waals surface area (Å²) in [6, 6.07) is 0.0989. The van der Waals surface area contributed by atoms with E-state index in [1.165, 1.54) is 19.3 Å². The normalized spacial score (nSPS) is 17.7. The minimum Gasteiger partial charge on any atom is -0.481 e. The fourth-order valence-corrected chi connectivity index (χ4v) is 2.80. The van der Waals surface area contributed by atoms with Crippen LogP contribution in [-0.2, 0) is 4.79 Å². The quantitative estimate of drug-likeness (QED) is 0.836. The van der Waals surface area contributed by atoms with Crippen LogP contribution < -0.4 is 5.32 Å². The average molecular weight is 298 g/mol. The van der Waals surface area contributed by atoms with Crippen LogP contribution in [0.1, 0.15) is 72.1 Å². The van der Waals surface area contributed by atoms with Gasteiger partial charge in [-0.05, 0) is 33.6 Å². The van der Waals surface area contributed by atoms with Crippen LogP contribution in [0.2, 0.25) is 0 Å². The molecule has 2 N–H and O–H groups in total. The summed E-state index contributed by atoms with van der Waals surface area (Å²) in [7, 11) is 0. The third-order valence-corrected chi connectivity index (χ3v) is 4.04. The molecule has 5 heteroatoms. The zero-order chi connectivity index (χ0) is 15.9. The molecule has 0 aromatic heterocycles. The molecule has 2 amide bonds. The first-order valence-electron chi connectivity index (χ1n) is 8.10. The van der Waals surface area contributed by atoms with Crippen molar-refractivity contribution < 1.29 is 14.7 Å². The Morgan fingerprint density at radius 2 is 1.62 bits per heavy atom. The number of carboxylic acids is 1. The van der Waals surface area contributed by atoms with E-state index in [0.717, 1.165) is 25.7 Å². The molecule has 0 heterocycles. The lowest BCUT2D eigenvalue weighted by molar-refractivity contribution is -0.137. The number of nitrogens with zero attached hydrogens (tertiary/aromatic N) is 1. The van der Waals surface area contributed by atoms with E-state index in [1.54, 1.807) is 4.90 Å². The second kappa shape index (κ2) is 8.25. The molecule has 21 heavy (non-hydrogen) atoms. The van der Waals surface area contributed by atoms with Gasteiger partial charge in [0, 0.05) is 18.1 Å². The second-order valence-electron chi connectivity index (χ2n) is 6.96. The highest BCUT2D eigenvalue weighted by atomic mass is 16.4. The SMILES string of the molecule is CC(C)(C)N(CCC(=O)O)C(=O)NC1CCCCCCC1. The van der Waals surface area contributed by atoms with Crippen molar-refractivity contribution in [1.82, 2.24) is 10.2 Å². The van der Waals surface area contributed by atoms with Gasteiger partial charge in [-0.25, -0.2) is 4.79 Å². The summed E-state index contributed by atoms with van der Waals surface area (Å²) in [6.45, 7) is 6.06. The summed E-state index contributed by atoms with van der Waals surface area (Å²) in [4.78, 5) is 24.9. The molecule has 0 atom stereocenters. The van der Waals surface area contributed by atoms with E-state index in [-0.39, 0.29) is 30.6 Å². The Hall–Kier alpha value is -1.26. The van der Waals surface area contributed by atoms with Crippen molar-refractivity contribution in [3.63, 3.8) is 0 Å². The molecule has 1 aliphatic rings. The van der Waals surface area contributed by atoms with Gasteiger partial charge in [0.25, 0.3) is 0 Å². The number of carbonyl (C=O) groups excluding carboxylic acids is 1. The molecule has 0 aromatic carbocycles. The lowest BCUT2D eigenvalue weighted by atomic mass is 9.97. The maximum atomic E-state index is 12.5. The monoisotopic (exact) mass is 298 g/mol.